The van der Waals surface area contributed by atoms with Crippen molar-refractivity contribution in [1.29, 1.82) is 0 Å². The average molecular weight is 327 g/mol. The predicted octanol–water partition coefficient (Wildman–Crippen LogP) is 3.12. The summed E-state index contributed by atoms with van der Waals surface area (Å²) in [6.45, 7) is 0.845. The van der Waals surface area contributed by atoms with Crippen molar-refractivity contribution in [2.24, 2.45) is 11.7 Å². The maximum Gasteiger partial charge on any atom is 0.391 e. The van der Waals surface area contributed by atoms with E-state index < -0.39 is 18.1 Å². The van der Waals surface area contributed by atoms with E-state index >= 15 is 0 Å². The summed E-state index contributed by atoms with van der Waals surface area (Å²) in [7, 11) is 0. The second kappa shape index (κ2) is 5.94. The van der Waals surface area contributed by atoms with Gasteiger partial charge in [0, 0.05) is 18.8 Å². The molecule has 1 saturated heterocycles. The minimum atomic E-state index is -4.09. The Balaban J connectivity index is 1.68. The number of halogens is 3. The average Bonchev–Trinajstić information content (AvgIpc) is 2.88. The fraction of sp³-hybridized carbons (Fsp3) is 0.562. The number of urea groups is 1. The molecule has 0 bridgehead atoms. The zero-order valence-electron chi connectivity index (χ0n) is 12.7. The molecule has 23 heavy (non-hydrogen) atoms. The molecule has 2 amide bonds. The third-order valence-corrected chi connectivity index (χ3v) is 4.84. The van der Waals surface area contributed by atoms with E-state index in [0.29, 0.717) is 13.1 Å². The molecule has 0 spiro atoms. The first-order chi connectivity index (χ1) is 10.8. The van der Waals surface area contributed by atoms with Crippen LogP contribution in [0.25, 0.3) is 0 Å². The standard InChI is InChI=1S/C16H20F3N3O/c17-16(18,19)11-5-7-22(8-6-11)12-2-3-13-10(9-12)1-4-14(13)21-15(20)23/h2-3,9,11,14H,1,4-8H2,(H3,20,21,23). The summed E-state index contributed by atoms with van der Waals surface area (Å²) in [6, 6.07) is 5.31. The Morgan fingerprint density at radius 1 is 1.22 bits per heavy atom. The number of benzene rings is 1. The maximum absolute atomic E-state index is 12.7. The SMILES string of the molecule is NC(=O)NC1CCc2cc(N3CCC(C(F)(F)F)CC3)ccc21. The molecule has 1 heterocycles. The van der Waals surface area contributed by atoms with Crippen LogP contribution in [0.3, 0.4) is 0 Å². The lowest BCUT2D eigenvalue weighted by molar-refractivity contribution is -0.179. The molecule has 1 atom stereocenters. The van der Waals surface area contributed by atoms with Crippen LogP contribution in [0.4, 0.5) is 23.7 Å². The monoisotopic (exact) mass is 327 g/mol. The molecule has 4 nitrogen and oxygen atoms in total. The van der Waals surface area contributed by atoms with Crippen LogP contribution < -0.4 is 16.0 Å². The molecule has 1 fully saturated rings. The highest BCUT2D eigenvalue weighted by atomic mass is 19.4. The Hall–Kier alpha value is -1.92. The van der Waals surface area contributed by atoms with E-state index in [1.54, 1.807) is 0 Å². The molecule has 3 rings (SSSR count). The van der Waals surface area contributed by atoms with Gasteiger partial charge in [-0.3, -0.25) is 0 Å². The van der Waals surface area contributed by atoms with E-state index in [1.165, 1.54) is 0 Å². The van der Waals surface area contributed by atoms with Crippen molar-refractivity contribution < 1.29 is 18.0 Å². The van der Waals surface area contributed by atoms with Crippen LogP contribution in [-0.2, 0) is 6.42 Å². The highest BCUT2D eigenvalue weighted by Gasteiger charge is 2.41. The largest absolute Gasteiger partial charge is 0.391 e. The van der Waals surface area contributed by atoms with E-state index in [-0.39, 0.29) is 18.9 Å². The third kappa shape index (κ3) is 3.38. The highest BCUT2D eigenvalue weighted by molar-refractivity contribution is 5.72. The molecule has 0 aromatic heterocycles. The molecule has 1 aromatic rings. The molecular formula is C16H20F3N3O. The summed E-state index contributed by atoms with van der Waals surface area (Å²) in [4.78, 5) is 13.0. The van der Waals surface area contributed by atoms with E-state index in [1.807, 2.05) is 23.1 Å². The number of anilines is 1. The van der Waals surface area contributed by atoms with Gasteiger partial charge < -0.3 is 16.0 Å². The van der Waals surface area contributed by atoms with E-state index in [9.17, 15) is 18.0 Å². The van der Waals surface area contributed by atoms with Gasteiger partial charge in [0.1, 0.15) is 0 Å². The summed E-state index contributed by atoms with van der Waals surface area (Å²) < 4.78 is 38.2. The van der Waals surface area contributed by atoms with Crippen LogP contribution >= 0.6 is 0 Å². The summed E-state index contributed by atoms with van der Waals surface area (Å²) in [5.41, 5.74) is 8.33. The number of rotatable bonds is 2. The molecular weight excluding hydrogens is 307 g/mol. The number of nitrogens with two attached hydrogens (primary N) is 1. The van der Waals surface area contributed by atoms with Crippen molar-refractivity contribution in [3.63, 3.8) is 0 Å². The number of carbonyl (C=O) groups is 1. The summed E-state index contributed by atoms with van der Waals surface area (Å²) in [6.07, 6.45) is -2.15. The summed E-state index contributed by atoms with van der Waals surface area (Å²) in [5, 5.41) is 2.72. The first-order valence-corrected chi connectivity index (χ1v) is 7.85. The molecule has 0 radical (unpaired) electrons. The number of carbonyl (C=O) groups excluding carboxylic acids is 1. The van der Waals surface area contributed by atoms with E-state index in [2.05, 4.69) is 5.32 Å². The predicted molar refractivity (Wildman–Crippen MR) is 81.2 cm³/mol. The second-order valence-electron chi connectivity index (χ2n) is 6.29. The van der Waals surface area contributed by atoms with Crippen molar-refractivity contribution in [3.8, 4) is 0 Å². The fourth-order valence-electron chi connectivity index (χ4n) is 3.59. The van der Waals surface area contributed by atoms with Crippen LogP contribution in [0.15, 0.2) is 18.2 Å². The van der Waals surface area contributed by atoms with E-state index in [0.717, 1.165) is 29.7 Å². The first kappa shape index (κ1) is 16.0. The molecule has 7 heteroatoms. The highest BCUT2D eigenvalue weighted by Crippen LogP contribution is 2.37. The maximum atomic E-state index is 12.7. The Bertz CT molecular complexity index is 595. The zero-order chi connectivity index (χ0) is 16.6. The topological polar surface area (TPSA) is 58.4 Å². The zero-order valence-corrected chi connectivity index (χ0v) is 12.7. The normalized spacial score (nSPS) is 22.0. The van der Waals surface area contributed by atoms with Crippen molar-refractivity contribution >= 4 is 11.7 Å². The minimum absolute atomic E-state index is 0.0625. The van der Waals surface area contributed by atoms with Crippen LogP contribution in [0.1, 0.15) is 36.4 Å². The number of primary amides is 1. The van der Waals surface area contributed by atoms with Gasteiger partial charge in [0.25, 0.3) is 0 Å². The number of aryl methyl sites for hydroxylation is 1. The lowest BCUT2D eigenvalue weighted by Gasteiger charge is -2.34. The van der Waals surface area contributed by atoms with Gasteiger partial charge in [-0.2, -0.15) is 13.2 Å². The van der Waals surface area contributed by atoms with Gasteiger partial charge in [-0.15, -0.1) is 0 Å². The fourth-order valence-corrected chi connectivity index (χ4v) is 3.59. The van der Waals surface area contributed by atoms with Crippen molar-refractivity contribution in [1.82, 2.24) is 5.32 Å². The van der Waals surface area contributed by atoms with Gasteiger partial charge in [-0.25, -0.2) is 4.79 Å². The minimum Gasteiger partial charge on any atom is -0.371 e. The Kier molecular flexibility index (Phi) is 4.12. The molecule has 126 valence electrons. The van der Waals surface area contributed by atoms with Gasteiger partial charge >= 0.3 is 12.2 Å². The van der Waals surface area contributed by atoms with Gasteiger partial charge in [-0.05, 0) is 48.9 Å². The number of hydrogen-bond donors (Lipinski definition) is 2. The molecule has 0 saturated carbocycles. The lowest BCUT2D eigenvalue weighted by atomic mass is 9.95. The number of piperidine rings is 1. The number of amides is 2. The molecule has 2 aliphatic rings. The summed E-state index contributed by atoms with van der Waals surface area (Å²) in [5.74, 6) is -1.18. The van der Waals surface area contributed by atoms with Crippen LogP contribution in [0.5, 0.6) is 0 Å². The number of nitrogens with one attached hydrogen (secondary N) is 1. The third-order valence-electron chi connectivity index (χ3n) is 4.84. The molecule has 1 aliphatic carbocycles. The smallest absolute Gasteiger partial charge is 0.371 e. The molecule has 3 N–H and O–H groups in total. The van der Waals surface area contributed by atoms with Gasteiger partial charge in [0.05, 0.1) is 12.0 Å². The van der Waals surface area contributed by atoms with Gasteiger partial charge in [0.2, 0.25) is 0 Å². The molecule has 1 aromatic carbocycles. The Morgan fingerprint density at radius 3 is 2.52 bits per heavy atom. The number of fused-ring (bicyclic) bond motifs is 1. The number of alkyl halides is 3. The van der Waals surface area contributed by atoms with Crippen LogP contribution in [-0.4, -0.2) is 25.3 Å². The van der Waals surface area contributed by atoms with Crippen LogP contribution in [0.2, 0.25) is 0 Å². The molecule has 1 unspecified atom stereocenters. The second-order valence-corrected chi connectivity index (χ2v) is 6.29. The number of hydrogen-bond acceptors (Lipinski definition) is 2. The first-order valence-electron chi connectivity index (χ1n) is 7.85. The summed E-state index contributed by atoms with van der Waals surface area (Å²) >= 11 is 0. The number of nitrogens with zero attached hydrogens (tertiary/aromatic N) is 1. The van der Waals surface area contributed by atoms with Crippen molar-refractivity contribution in [2.45, 2.75) is 37.9 Å². The van der Waals surface area contributed by atoms with Crippen molar-refractivity contribution in [2.75, 3.05) is 18.0 Å². The van der Waals surface area contributed by atoms with Crippen molar-refractivity contribution in [3.05, 3.63) is 29.3 Å². The van der Waals surface area contributed by atoms with Crippen LogP contribution in [0, 0.1) is 5.92 Å². The molecule has 1 aliphatic heterocycles. The van der Waals surface area contributed by atoms with Gasteiger partial charge in [0.15, 0.2) is 0 Å². The Morgan fingerprint density at radius 2 is 1.91 bits per heavy atom. The lowest BCUT2D eigenvalue weighted by Crippen LogP contribution is -2.39. The van der Waals surface area contributed by atoms with E-state index in [4.69, 9.17) is 5.73 Å². The Labute approximate surface area is 132 Å². The quantitative estimate of drug-likeness (QED) is 0.877. The van der Waals surface area contributed by atoms with Gasteiger partial charge in [-0.1, -0.05) is 6.07 Å².